The zero-order valence-electron chi connectivity index (χ0n) is 5.66. The second-order valence-corrected chi connectivity index (χ2v) is 2.16. The van der Waals surface area contributed by atoms with Crippen molar-refractivity contribution < 1.29 is 4.79 Å². The molecule has 0 saturated carbocycles. The molecule has 54 valence electrons. The van der Waals surface area contributed by atoms with Crippen LogP contribution in [-0.2, 0) is 4.79 Å². The highest BCUT2D eigenvalue weighted by atomic mass is 16.2. The second kappa shape index (κ2) is 2.18. The van der Waals surface area contributed by atoms with E-state index in [2.05, 4.69) is 21.2 Å². The zero-order valence-corrected chi connectivity index (χ0v) is 5.66. The summed E-state index contributed by atoms with van der Waals surface area (Å²) in [4.78, 5) is 18.8. The van der Waals surface area contributed by atoms with Crippen molar-refractivity contribution in [2.45, 2.75) is 0 Å². The fraction of sp³-hybridized carbons (Fsp3) is 0.143. The number of allylic oxidation sites excluding steroid dienone is 1. The SMILES string of the molecule is O=C1NCC2=C1N=CC=C=N2. The number of amides is 1. The molecular formula is C7H5N3O. The molecular weight excluding hydrogens is 142 g/mol. The van der Waals surface area contributed by atoms with Gasteiger partial charge < -0.3 is 5.32 Å². The fourth-order valence-electron chi connectivity index (χ4n) is 0.948. The third-order valence-electron chi connectivity index (χ3n) is 1.46. The molecule has 0 aromatic heterocycles. The number of carbonyl (C=O) groups excluding carboxylic acids is 1. The maximum absolute atomic E-state index is 11.0. The van der Waals surface area contributed by atoms with Crippen LogP contribution in [0.1, 0.15) is 0 Å². The number of nitrogens with one attached hydrogen (secondary N) is 1. The first-order valence-electron chi connectivity index (χ1n) is 3.21. The first-order chi connectivity index (χ1) is 5.38. The van der Waals surface area contributed by atoms with Crippen LogP contribution in [0, 0.1) is 0 Å². The maximum Gasteiger partial charge on any atom is 0.272 e. The van der Waals surface area contributed by atoms with Crippen molar-refractivity contribution in [3.63, 3.8) is 0 Å². The largest absolute Gasteiger partial charge is 0.345 e. The smallest absolute Gasteiger partial charge is 0.272 e. The van der Waals surface area contributed by atoms with Gasteiger partial charge in [0.05, 0.1) is 6.54 Å². The topological polar surface area (TPSA) is 53.8 Å². The van der Waals surface area contributed by atoms with E-state index in [1.807, 2.05) is 0 Å². The summed E-state index contributed by atoms with van der Waals surface area (Å²) in [5.74, 6) is 2.48. The van der Waals surface area contributed by atoms with Crippen LogP contribution in [0.25, 0.3) is 0 Å². The van der Waals surface area contributed by atoms with E-state index in [0.717, 1.165) is 0 Å². The highest BCUT2D eigenvalue weighted by Crippen LogP contribution is 2.13. The van der Waals surface area contributed by atoms with E-state index in [9.17, 15) is 4.79 Å². The average Bonchev–Trinajstić information content (AvgIpc) is 2.25. The van der Waals surface area contributed by atoms with Crippen LogP contribution in [0.4, 0.5) is 0 Å². The lowest BCUT2D eigenvalue weighted by Crippen LogP contribution is -2.16. The first-order valence-corrected chi connectivity index (χ1v) is 3.21. The lowest BCUT2D eigenvalue weighted by Gasteiger charge is -1.87. The molecule has 0 bridgehead atoms. The van der Waals surface area contributed by atoms with Gasteiger partial charge in [-0.2, -0.15) is 0 Å². The van der Waals surface area contributed by atoms with Crippen molar-refractivity contribution in [2.24, 2.45) is 9.98 Å². The molecule has 2 rings (SSSR count). The number of aliphatic imine (C=N–C) groups is 2. The van der Waals surface area contributed by atoms with Crippen molar-refractivity contribution in [1.82, 2.24) is 5.32 Å². The first kappa shape index (κ1) is 6.07. The second-order valence-electron chi connectivity index (χ2n) is 2.16. The van der Waals surface area contributed by atoms with Crippen LogP contribution in [0.15, 0.2) is 27.5 Å². The van der Waals surface area contributed by atoms with Crippen molar-refractivity contribution in [3.8, 4) is 0 Å². The third-order valence-corrected chi connectivity index (χ3v) is 1.46. The molecule has 2 heterocycles. The number of rotatable bonds is 0. The summed E-state index contributed by atoms with van der Waals surface area (Å²) in [5, 5.41) is 2.61. The summed E-state index contributed by atoms with van der Waals surface area (Å²) in [6.07, 6.45) is 3.09. The van der Waals surface area contributed by atoms with Gasteiger partial charge in [-0.25, -0.2) is 9.98 Å². The molecule has 2 aliphatic heterocycles. The molecule has 2 aliphatic rings. The number of carbonyl (C=O) groups is 1. The molecule has 4 nitrogen and oxygen atoms in total. The molecule has 0 saturated heterocycles. The van der Waals surface area contributed by atoms with Crippen LogP contribution in [0.3, 0.4) is 0 Å². The molecule has 0 unspecified atom stereocenters. The summed E-state index contributed by atoms with van der Waals surface area (Å²) in [6, 6.07) is 0. The number of hydrogen-bond acceptors (Lipinski definition) is 3. The molecule has 0 aliphatic carbocycles. The van der Waals surface area contributed by atoms with E-state index in [1.54, 1.807) is 6.08 Å². The van der Waals surface area contributed by atoms with Gasteiger partial charge in [-0.3, -0.25) is 4.79 Å². The normalized spacial score (nSPS) is 20.2. The van der Waals surface area contributed by atoms with Gasteiger partial charge in [-0.15, -0.1) is 0 Å². The van der Waals surface area contributed by atoms with Gasteiger partial charge in [0.15, 0.2) is 5.70 Å². The Morgan fingerprint density at radius 1 is 1.64 bits per heavy atom. The molecule has 0 atom stereocenters. The van der Waals surface area contributed by atoms with Gasteiger partial charge >= 0.3 is 0 Å². The summed E-state index contributed by atoms with van der Waals surface area (Å²) in [5.41, 5.74) is 1.08. The monoisotopic (exact) mass is 147 g/mol. The third kappa shape index (κ3) is 0.893. The number of hydrogen-bond donors (Lipinski definition) is 1. The average molecular weight is 147 g/mol. The van der Waals surface area contributed by atoms with E-state index in [-0.39, 0.29) is 5.91 Å². The van der Waals surface area contributed by atoms with Gasteiger partial charge in [0.1, 0.15) is 5.70 Å². The minimum atomic E-state index is -0.155. The summed E-state index contributed by atoms with van der Waals surface area (Å²) >= 11 is 0. The van der Waals surface area contributed by atoms with Crippen LogP contribution < -0.4 is 5.32 Å². The Labute approximate surface area is 63.0 Å². The fourth-order valence-corrected chi connectivity index (χ4v) is 0.948. The van der Waals surface area contributed by atoms with Crippen LogP contribution in [0.2, 0.25) is 0 Å². The lowest BCUT2D eigenvalue weighted by molar-refractivity contribution is -0.116. The molecule has 1 N–H and O–H groups in total. The quantitative estimate of drug-likeness (QED) is 0.499. The van der Waals surface area contributed by atoms with Crippen molar-refractivity contribution >= 4 is 18.0 Å². The summed E-state index contributed by atoms with van der Waals surface area (Å²) < 4.78 is 0. The summed E-state index contributed by atoms with van der Waals surface area (Å²) in [7, 11) is 0. The van der Waals surface area contributed by atoms with Gasteiger partial charge in [0.25, 0.3) is 5.91 Å². The van der Waals surface area contributed by atoms with Crippen molar-refractivity contribution in [2.75, 3.05) is 6.54 Å². The molecule has 4 heteroatoms. The highest BCUT2D eigenvalue weighted by Gasteiger charge is 2.21. The lowest BCUT2D eigenvalue weighted by atomic mass is 10.4. The molecule has 0 fully saturated rings. The minimum absolute atomic E-state index is 0.155. The van der Waals surface area contributed by atoms with Gasteiger partial charge in [0, 0.05) is 12.3 Å². The molecule has 1 amide bonds. The molecule has 0 aromatic carbocycles. The molecule has 0 radical (unpaired) electrons. The standard InChI is InChI=1S/C7H5N3O/c11-7-6-5(4-10-7)8-2-1-3-9-6/h1,3H,4H2,(H,10,11). The van der Waals surface area contributed by atoms with E-state index >= 15 is 0 Å². The predicted octanol–water partition coefficient (Wildman–Crippen LogP) is -0.362. The highest BCUT2D eigenvalue weighted by molar-refractivity contribution is 6.00. The van der Waals surface area contributed by atoms with Crippen LogP contribution in [0.5, 0.6) is 0 Å². The Morgan fingerprint density at radius 2 is 2.55 bits per heavy atom. The van der Waals surface area contributed by atoms with Gasteiger partial charge in [-0.05, 0) is 5.87 Å². The molecule has 0 spiro atoms. The Balaban J connectivity index is 2.52. The van der Waals surface area contributed by atoms with Crippen molar-refractivity contribution in [3.05, 3.63) is 17.5 Å². The number of nitrogens with zero attached hydrogens (tertiary/aromatic N) is 2. The van der Waals surface area contributed by atoms with Gasteiger partial charge in [0.2, 0.25) is 0 Å². The van der Waals surface area contributed by atoms with Gasteiger partial charge in [-0.1, -0.05) is 0 Å². The van der Waals surface area contributed by atoms with Crippen LogP contribution in [-0.4, -0.2) is 24.5 Å². The Bertz CT molecular complexity index is 332. The minimum Gasteiger partial charge on any atom is -0.345 e. The molecule has 11 heavy (non-hydrogen) atoms. The van der Waals surface area contributed by atoms with E-state index < -0.39 is 0 Å². The van der Waals surface area contributed by atoms with E-state index in [0.29, 0.717) is 17.9 Å². The van der Waals surface area contributed by atoms with Crippen molar-refractivity contribution in [1.29, 1.82) is 0 Å². The Morgan fingerprint density at radius 3 is 3.45 bits per heavy atom. The summed E-state index contributed by atoms with van der Waals surface area (Å²) in [6.45, 7) is 0.465. The Hall–Kier alpha value is -1.67. The maximum atomic E-state index is 11.0. The Kier molecular flexibility index (Phi) is 1.20. The zero-order chi connectivity index (χ0) is 7.68. The van der Waals surface area contributed by atoms with E-state index in [4.69, 9.17) is 0 Å². The van der Waals surface area contributed by atoms with E-state index in [1.165, 1.54) is 6.21 Å². The van der Waals surface area contributed by atoms with Crippen LogP contribution >= 0.6 is 0 Å². The predicted molar refractivity (Wildman–Crippen MR) is 40.5 cm³/mol. The molecule has 0 aromatic rings.